The molecule has 1 aromatic carbocycles. The highest BCUT2D eigenvalue weighted by Gasteiger charge is 2.35. The van der Waals surface area contributed by atoms with Crippen LogP contribution in [0.15, 0.2) is 30.6 Å². The van der Waals surface area contributed by atoms with Crippen molar-refractivity contribution >= 4 is 22.8 Å². The summed E-state index contributed by atoms with van der Waals surface area (Å²) in [6, 6.07) is 2.14. The van der Waals surface area contributed by atoms with E-state index in [1.165, 1.54) is 4.90 Å². The topological polar surface area (TPSA) is 79.5 Å². The van der Waals surface area contributed by atoms with Crippen LogP contribution in [0.3, 0.4) is 0 Å². The van der Waals surface area contributed by atoms with Crippen LogP contribution in [-0.4, -0.2) is 47.2 Å². The second-order valence-electron chi connectivity index (χ2n) is 6.63. The third-order valence-corrected chi connectivity index (χ3v) is 4.60. The molecule has 0 unspecified atom stereocenters. The fraction of sp³-hybridized carbons (Fsp3) is 0.263. The van der Waals surface area contributed by atoms with Gasteiger partial charge in [-0.25, -0.2) is 18.6 Å². The van der Waals surface area contributed by atoms with Gasteiger partial charge in [0.05, 0.1) is 24.2 Å². The van der Waals surface area contributed by atoms with Crippen molar-refractivity contribution in [3.63, 3.8) is 0 Å². The Kier molecular flexibility index (Phi) is 5.39. The van der Waals surface area contributed by atoms with Crippen molar-refractivity contribution in [1.29, 1.82) is 0 Å². The third-order valence-electron chi connectivity index (χ3n) is 4.60. The Labute approximate surface area is 171 Å². The number of rotatable bonds is 3. The number of aromatic nitrogens is 2. The molecular weight excluding hydrogens is 427 g/mol. The molecule has 164 valence electrons. The first-order valence-corrected chi connectivity index (χ1v) is 9.08. The van der Waals surface area contributed by atoms with E-state index in [-0.39, 0.29) is 11.3 Å². The minimum atomic E-state index is -4.73. The average Bonchev–Trinajstić information content (AvgIpc) is 3.17. The summed E-state index contributed by atoms with van der Waals surface area (Å²) in [4.78, 5) is 19.7. The third kappa shape index (κ3) is 4.24. The predicted octanol–water partition coefficient (Wildman–Crippen LogP) is 4.52. The largest absolute Gasteiger partial charge is 0.450 e. The molecule has 0 saturated carbocycles. The van der Waals surface area contributed by atoms with Crippen LogP contribution in [0.5, 0.6) is 11.5 Å². The molecule has 4 rings (SSSR count). The summed E-state index contributed by atoms with van der Waals surface area (Å²) in [7, 11) is 0. The Hall–Kier alpha value is -3.41. The van der Waals surface area contributed by atoms with Crippen molar-refractivity contribution in [3.05, 3.63) is 47.8 Å². The molecule has 1 aliphatic rings. The summed E-state index contributed by atoms with van der Waals surface area (Å²) in [5.74, 6) is -3.75. The van der Waals surface area contributed by atoms with Gasteiger partial charge in [0.15, 0.2) is 17.4 Å². The molecule has 0 bridgehead atoms. The zero-order valence-electron chi connectivity index (χ0n) is 15.7. The smallest absolute Gasteiger partial charge is 0.418 e. The van der Waals surface area contributed by atoms with E-state index in [4.69, 9.17) is 9.47 Å². The number of carbonyl (C=O) groups is 1. The molecule has 2 N–H and O–H groups in total. The zero-order chi connectivity index (χ0) is 22.2. The van der Waals surface area contributed by atoms with Crippen LogP contribution >= 0.6 is 0 Å². The molecule has 3 aromatic rings. The van der Waals surface area contributed by atoms with Crippen molar-refractivity contribution in [2.45, 2.75) is 6.18 Å². The van der Waals surface area contributed by atoms with E-state index in [2.05, 4.69) is 15.3 Å². The number of morpholine rings is 1. The Morgan fingerprint density at radius 2 is 1.87 bits per heavy atom. The lowest BCUT2D eigenvalue weighted by molar-refractivity contribution is -0.136. The number of aromatic amines is 1. The number of hydrogen-bond donors (Lipinski definition) is 2. The molecule has 0 aliphatic carbocycles. The van der Waals surface area contributed by atoms with Crippen LogP contribution in [-0.2, 0) is 10.9 Å². The second kappa shape index (κ2) is 8.02. The first kappa shape index (κ1) is 20.8. The monoisotopic (exact) mass is 442 g/mol. The SMILES string of the molecule is O=C(Nc1cc(F)c(Oc2ccnc3[nH]cc(C(F)(F)F)c23)c(F)c1)N1CCOCC1. The van der Waals surface area contributed by atoms with E-state index in [0.29, 0.717) is 32.5 Å². The Balaban J connectivity index is 1.61. The number of nitrogens with one attached hydrogen (secondary N) is 2. The van der Waals surface area contributed by atoms with Gasteiger partial charge in [0.1, 0.15) is 11.4 Å². The number of alkyl halides is 3. The van der Waals surface area contributed by atoms with Gasteiger partial charge in [-0.15, -0.1) is 0 Å². The van der Waals surface area contributed by atoms with Gasteiger partial charge < -0.3 is 24.7 Å². The van der Waals surface area contributed by atoms with Crippen molar-refractivity contribution < 1.29 is 36.2 Å². The summed E-state index contributed by atoms with van der Waals surface area (Å²) in [5.41, 5.74) is -1.41. The molecule has 2 aromatic heterocycles. The number of urea groups is 1. The van der Waals surface area contributed by atoms with Crippen LogP contribution in [0.4, 0.5) is 32.4 Å². The fourth-order valence-corrected chi connectivity index (χ4v) is 3.14. The molecule has 1 aliphatic heterocycles. The number of H-pyrrole nitrogens is 1. The van der Waals surface area contributed by atoms with Crippen LogP contribution in [0, 0.1) is 11.6 Å². The maximum atomic E-state index is 14.6. The van der Waals surface area contributed by atoms with Crippen molar-refractivity contribution in [2.24, 2.45) is 0 Å². The Bertz CT molecular complexity index is 1100. The summed E-state index contributed by atoms with van der Waals surface area (Å²) in [5, 5.41) is 1.91. The number of fused-ring (bicyclic) bond motifs is 1. The van der Waals surface area contributed by atoms with E-state index >= 15 is 0 Å². The summed E-state index contributed by atoms with van der Waals surface area (Å²) in [6.07, 6.45) is -2.90. The van der Waals surface area contributed by atoms with E-state index in [1.54, 1.807) is 0 Å². The number of nitrogens with zero attached hydrogens (tertiary/aromatic N) is 2. The van der Waals surface area contributed by atoms with E-state index in [0.717, 1.165) is 24.4 Å². The van der Waals surface area contributed by atoms with E-state index in [9.17, 15) is 26.7 Å². The quantitative estimate of drug-likeness (QED) is 0.585. The van der Waals surface area contributed by atoms with Gasteiger partial charge >= 0.3 is 12.2 Å². The van der Waals surface area contributed by atoms with Gasteiger partial charge in [-0.2, -0.15) is 13.2 Å². The summed E-state index contributed by atoms with van der Waals surface area (Å²) < 4.78 is 79.2. The normalized spacial score (nSPS) is 14.7. The summed E-state index contributed by atoms with van der Waals surface area (Å²) in [6.45, 7) is 1.35. The van der Waals surface area contributed by atoms with Gasteiger partial charge in [0.25, 0.3) is 0 Å². The molecule has 1 fully saturated rings. The molecule has 0 atom stereocenters. The second-order valence-corrected chi connectivity index (χ2v) is 6.63. The van der Waals surface area contributed by atoms with Gasteiger partial charge in [-0.05, 0) is 6.07 Å². The number of amides is 2. The highest BCUT2D eigenvalue weighted by atomic mass is 19.4. The highest BCUT2D eigenvalue weighted by Crippen LogP contribution is 2.40. The molecular formula is C19H15F5N4O3. The number of hydrogen-bond acceptors (Lipinski definition) is 4. The van der Waals surface area contributed by atoms with Gasteiger partial charge in [0, 0.05) is 43.3 Å². The lowest BCUT2D eigenvalue weighted by atomic mass is 10.2. The zero-order valence-corrected chi connectivity index (χ0v) is 15.7. The van der Waals surface area contributed by atoms with Crippen LogP contribution in [0.2, 0.25) is 0 Å². The number of pyridine rings is 1. The molecule has 0 spiro atoms. The lowest BCUT2D eigenvalue weighted by Gasteiger charge is -2.27. The number of benzene rings is 1. The van der Waals surface area contributed by atoms with E-state index < -0.39 is 46.3 Å². The Morgan fingerprint density at radius 3 is 2.52 bits per heavy atom. The summed E-state index contributed by atoms with van der Waals surface area (Å²) >= 11 is 0. The number of ether oxygens (including phenoxy) is 2. The maximum Gasteiger partial charge on any atom is 0.418 e. The van der Waals surface area contributed by atoms with Crippen molar-refractivity contribution in [2.75, 3.05) is 31.6 Å². The molecule has 1 saturated heterocycles. The first-order valence-electron chi connectivity index (χ1n) is 9.08. The minimum absolute atomic E-state index is 0.153. The average molecular weight is 442 g/mol. The van der Waals surface area contributed by atoms with Gasteiger partial charge in [-0.1, -0.05) is 0 Å². The van der Waals surface area contributed by atoms with Crippen LogP contribution in [0.25, 0.3) is 11.0 Å². The standard InChI is InChI=1S/C19H15F5N4O3/c20-12-7-10(27-18(29)28-3-5-30-6-4-28)8-13(21)16(12)31-14-1-2-25-17-15(14)11(9-26-17)19(22,23)24/h1-2,7-9H,3-6H2,(H,25,26)(H,27,29). The molecule has 31 heavy (non-hydrogen) atoms. The van der Waals surface area contributed by atoms with E-state index in [1.807, 2.05) is 0 Å². The number of anilines is 1. The van der Waals surface area contributed by atoms with Crippen LogP contribution in [0.1, 0.15) is 5.56 Å². The molecule has 12 heteroatoms. The van der Waals surface area contributed by atoms with Gasteiger partial charge in [0.2, 0.25) is 0 Å². The first-order chi connectivity index (χ1) is 14.7. The highest BCUT2D eigenvalue weighted by molar-refractivity contribution is 5.89. The maximum absolute atomic E-state index is 14.6. The number of carbonyl (C=O) groups excluding carboxylic acids is 1. The molecule has 2 amide bonds. The van der Waals surface area contributed by atoms with Gasteiger partial charge in [-0.3, -0.25) is 0 Å². The molecule has 3 heterocycles. The van der Waals surface area contributed by atoms with Crippen molar-refractivity contribution in [1.82, 2.24) is 14.9 Å². The lowest BCUT2D eigenvalue weighted by Crippen LogP contribution is -2.43. The van der Waals surface area contributed by atoms with Crippen molar-refractivity contribution in [3.8, 4) is 11.5 Å². The number of halogens is 5. The Morgan fingerprint density at radius 1 is 1.19 bits per heavy atom. The molecule has 0 radical (unpaired) electrons. The predicted molar refractivity (Wildman–Crippen MR) is 98.9 cm³/mol. The fourth-order valence-electron chi connectivity index (χ4n) is 3.14. The minimum Gasteiger partial charge on any atom is -0.450 e. The van der Waals surface area contributed by atoms with Crippen LogP contribution < -0.4 is 10.1 Å². The molecule has 7 nitrogen and oxygen atoms in total.